The predicted octanol–water partition coefficient (Wildman–Crippen LogP) is 2.17. The molecule has 0 bridgehead atoms. The van der Waals surface area contributed by atoms with Crippen LogP contribution in [-0.2, 0) is 4.79 Å². The van der Waals surface area contributed by atoms with Gasteiger partial charge in [0.05, 0.1) is 26.2 Å². The molecule has 1 aromatic carbocycles. The number of amides is 2. The highest BCUT2D eigenvalue weighted by Crippen LogP contribution is 2.34. The fourth-order valence-electron chi connectivity index (χ4n) is 2.94. The summed E-state index contributed by atoms with van der Waals surface area (Å²) < 4.78 is 15.7. The van der Waals surface area contributed by atoms with E-state index in [0.717, 1.165) is 0 Å². The van der Waals surface area contributed by atoms with Crippen molar-refractivity contribution < 1.29 is 23.5 Å². The van der Waals surface area contributed by atoms with Gasteiger partial charge in [-0.2, -0.15) is 0 Å². The minimum atomic E-state index is -0.599. The lowest BCUT2D eigenvalue weighted by atomic mass is 10.1. The summed E-state index contributed by atoms with van der Waals surface area (Å²) in [5.41, 5.74) is 0.658. The fourth-order valence-corrected chi connectivity index (χ4v) is 2.94. The molecule has 1 unspecified atom stereocenters. The number of hydrogen-bond acceptors (Lipinski definition) is 5. The first-order chi connectivity index (χ1) is 12.1. The van der Waals surface area contributed by atoms with Crippen molar-refractivity contribution in [1.29, 1.82) is 0 Å². The molecule has 1 aliphatic rings. The van der Waals surface area contributed by atoms with Crippen LogP contribution in [0.15, 0.2) is 41.0 Å². The molecule has 2 aromatic rings. The lowest BCUT2D eigenvalue weighted by molar-refractivity contribution is -0.124. The van der Waals surface area contributed by atoms with Gasteiger partial charge in [-0.25, -0.2) is 0 Å². The number of anilines is 1. The smallest absolute Gasteiger partial charge is 0.290 e. The van der Waals surface area contributed by atoms with Gasteiger partial charge in [-0.15, -0.1) is 0 Å². The van der Waals surface area contributed by atoms with E-state index in [1.807, 2.05) is 0 Å². The van der Waals surface area contributed by atoms with E-state index < -0.39 is 6.04 Å². The number of ether oxygens (including phenoxy) is 2. The van der Waals surface area contributed by atoms with E-state index in [0.29, 0.717) is 30.3 Å². The lowest BCUT2D eigenvalue weighted by Gasteiger charge is -2.39. The van der Waals surface area contributed by atoms with Gasteiger partial charge in [0.25, 0.3) is 5.91 Å². The van der Waals surface area contributed by atoms with Crippen LogP contribution in [0.2, 0.25) is 0 Å². The van der Waals surface area contributed by atoms with Crippen molar-refractivity contribution >= 4 is 17.5 Å². The number of carbonyl (C=O) groups is 2. The average Bonchev–Trinajstić information content (AvgIpc) is 3.17. The number of methoxy groups -OCH3 is 2. The summed E-state index contributed by atoms with van der Waals surface area (Å²) in [4.78, 5) is 28.5. The minimum Gasteiger partial charge on any atom is -0.497 e. The van der Waals surface area contributed by atoms with Gasteiger partial charge in [0.15, 0.2) is 5.76 Å². The van der Waals surface area contributed by atoms with Gasteiger partial charge < -0.3 is 23.7 Å². The highest BCUT2D eigenvalue weighted by Gasteiger charge is 2.37. The van der Waals surface area contributed by atoms with Crippen LogP contribution in [0.1, 0.15) is 17.5 Å². The van der Waals surface area contributed by atoms with E-state index in [-0.39, 0.29) is 17.6 Å². The maximum atomic E-state index is 12.8. The van der Waals surface area contributed by atoms with Gasteiger partial charge in [0, 0.05) is 19.2 Å². The van der Waals surface area contributed by atoms with Crippen LogP contribution in [0.25, 0.3) is 0 Å². The van der Waals surface area contributed by atoms with Crippen molar-refractivity contribution in [2.24, 2.45) is 0 Å². The Balaban J connectivity index is 1.84. The maximum Gasteiger partial charge on any atom is 0.290 e. The van der Waals surface area contributed by atoms with Crippen LogP contribution in [0.4, 0.5) is 5.69 Å². The van der Waals surface area contributed by atoms with E-state index in [4.69, 9.17) is 13.9 Å². The first-order valence-electron chi connectivity index (χ1n) is 7.94. The number of carbonyl (C=O) groups excluding carboxylic acids is 2. The molecule has 0 N–H and O–H groups in total. The highest BCUT2D eigenvalue weighted by atomic mass is 16.5. The fraction of sp³-hybridized carbons (Fsp3) is 0.333. The first-order valence-corrected chi connectivity index (χ1v) is 7.94. The van der Waals surface area contributed by atoms with E-state index in [2.05, 4.69) is 0 Å². The number of piperazine rings is 1. The molecule has 1 aromatic heterocycles. The molecule has 2 heterocycles. The van der Waals surface area contributed by atoms with Crippen molar-refractivity contribution in [3.63, 3.8) is 0 Å². The Hall–Kier alpha value is -2.96. The number of rotatable bonds is 4. The van der Waals surface area contributed by atoms with Gasteiger partial charge in [0.1, 0.15) is 17.5 Å². The second-order valence-corrected chi connectivity index (χ2v) is 5.68. The standard InChI is InChI=1S/C18H20N2O5/c1-12-17(21)20(14-7-6-13(23-2)11-16(14)24-3)9-8-19(12)18(22)15-5-4-10-25-15/h4-7,10-12H,8-9H2,1-3H3. The maximum absolute atomic E-state index is 12.8. The van der Waals surface area contributed by atoms with Crippen LogP contribution in [0.3, 0.4) is 0 Å². The monoisotopic (exact) mass is 344 g/mol. The quantitative estimate of drug-likeness (QED) is 0.850. The van der Waals surface area contributed by atoms with Crippen LogP contribution in [0, 0.1) is 0 Å². The number of furan rings is 1. The Labute approximate surface area is 145 Å². The Bertz CT molecular complexity index is 772. The van der Waals surface area contributed by atoms with Crippen LogP contribution < -0.4 is 14.4 Å². The van der Waals surface area contributed by atoms with Crippen molar-refractivity contribution in [1.82, 2.24) is 4.90 Å². The molecule has 1 atom stereocenters. The van der Waals surface area contributed by atoms with Gasteiger partial charge in [-0.05, 0) is 31.2 Å². The molecule has 0 radical (unpaired) electrons. The molecule has 7 heteroatoms. The van der Waals surface area contributed by atoms with Gasteiger partial charge in [0.2, 0.25) is 5.91 Å². The largest absolute Gasteiger partial charge is 0.497 e. The summed E-state index contributed by atoms with van der Waals surface area (Å²) in [6, 6.07) is 7.94. The van der Waals surface area contributed by atoms with Gasteiger partial charge >= 0.3 is 0 Å². The third-order valence-corrected chi connectivity index (χ3v) is 4.33. The second-order valence-electron chi connectivity index (χ2n) is 5.68. The molecule has 1 saturated heterocycles. The normalized spacial score (nSPS) is 17.6. The summed E-state index contributed by atoms with van der Waals surface area (Å²) in [5.74, 6) is 0.968. The highest BCUT2D eigenvalue weighted by molar-refractivity contribution is 6.03. The van der Waals surface area contributed by atoms with Gasteiger partial charge in [-0.1, -0.05) is 0 Å². The van der Waals surface area contributed by atoms with Crippen LogP contribution >= 0.6 is 0 Å². The molecule has 1 fully saturated rings. The Morgan fingerprint density at radius 2 is 2.00 bits per heavy atom. The van der Waals surface area contributed by atoms with Crippen molar-refractivity contribution in [2.45, 2.75) is 13.0 Å². The molecule has 132 valence electrons. The van der Waals surface area contributed by atoms with E-state index >= 15 is 0 Å². The molecule has 3 rings (SSSR count). The first kappa shape index (κ1) is 16.9. The summed E-state index contributed by atoms with van der Waals surface area (Å²) in [6.07, 6.45) is 1.44. The molecule has 1 aliphatic heterocycles. The number of nitrogens with zero attached hydrogens (tertiary/aromatic N) is 2. The van der Waals surface area contributed by atoms with Crippen molar-refractivity contribution in [3.8, 4) is 11.5 Å². The molecule has 0 saturated carbocycles. The van der Waals surface area contributed by atoms with E-state index in [1.165, 1.54) is 11.2 Å². The molecule has 0 aliphatic carbocycles. The van der Waals surface area contributed by atoms with E-state index in [9.17, 15) is 9.59 Å². The molecular formula is C18H20N2O5. The molecule has 7 nitrogen and oxygen atoms in total. The third-order valence-electron chi connectivity index (χ3n) is 4.33. The number of benzene rings is 1. The molecular weight excluding hydrogens is 324 g/mol. The van der Waals surface area contributed by atoms with Crippen molar-refractivity contribution in [3.05, 3.63) is 42.4 Å². The molecule has 0 spiro atoms. The average molecular weight is 344 g/mol. The lowest BCUT2D eigenvalue weighted by Crippen LogP contribution is -2.57. The minimum absolute atomic E-state index is 0.172. The summed E-state index contributed by atoms with van der Waals surface area (Å²) >= 11 is 0. The Kier molecular flexibility index (Phi) is 4.65. The summed E-state index contributed by atoms with van der Waals surface area (Å²) in [7, 11) is 3.11. The summed E-state index contributed by atoms with van der Waals surface area (Å²) in [6.45, 7) is 2.49. The van der Waals surface area contributed by atoms with Gasteiger partial charge in [-0.3, -0.25) is 9.59 Å². The second kappa shape index (κ2) is 6.88. The van der Waals surface area contributed by atoms with Crippen molar-refractivity contribution in [2.75, 3.05) is 32.2 Å². The van der Waals surface area contributed by atoms with Crippen LogP contribution in [0.5, 0.6) is 11.5 Å². The molecule has 2 amide bonds. The predicted molar refractivity (Wildman–Crippen MR) is 91.1 cm³/mol. The third kappa shape index (κ3) is 3.05. The van der Waals surface area contributed by atoms with Crippen LogP contribution in [-0.4, -0.2) is 50.1 Å². The van der Waals surface area contributed by atoms with E-state index in [1.54, 1.807) is 56.4 Å². The zero-order chi connectivity index (χ0) is 18.0. The zero-order valence-corrected chi connectivity index (χ0v) is 14.4. The zero-order valence-electron chi connectivity index (χ0n) is 14.4. The number of hydrogen-bond donors (Lipinski definition) is 0. The SMILES string of the molecule is COc1ccc(N2CCN(C(=O)c3ccco3)C(C)C2=O)c(OC)c1. The molecule has 25 heavy (non-hydrogen) atoms. The topological polar surface area (TPSA) is 72.2 Å². The Morgan fingerprint density at radius 3 is 2.64 bits per heavy atom. The Morgan fingerprint density at radius 1 is 1.20 bits per heavy atom. The summed E-state index contributed by atoms with van der Waals surface area (Å²) in [5, 5.41) is 0.